The van der Waals surface area contributed by atoms with Crippen LogP contribution in [0.25, 0.3) is 0 Å². The second-order valence-corrected chi connectivity index (χ2v) is 7.66. The highest BCUT2D eigenvalue weighted by atomic mass is 16.5. The SMILES string of the molecule is CNC(=O)C(Cc1ccccc1)N(Cc1ccccc1)C(=O)COc1cc(OC)cc(OC)c1. The van der Waals surface area contributed by atoms with E-state index in [9.17, 15) is 9.59 Å². The number of carbonyl (C=O) groups is 2. The number of nitrogens with one attached hydrogen (secondary N) is 1. The molecule has 0 radical (unpaired) electrons. The first kappa shape index (κ1) is 24.6. The van der Waals surface area contributed by atoms with Crippen molar-refractivity contribution in [3.63, 3.8) is 0 Å². The molecular weight excluding hydrogens is 432 g/mol. The van der Waals surface area contributed by atoms with Crippen molar-refractivity contribution < 1.29 is 23.8 Å². The number of methoxy groups -OCH3 is 2. The highest BCUT2D eigenvalue weighted by molar-refractivity contribution is 5.88. The molecule has 1 atom stereocenters. The Balaban J connectivity index is 1.86. The molecule has 0 aliphatic heterocycles. The van der Waals surface area contributed by atoms with Crippen molar-refractivity contribution in [2.75, 3.05) is 27.9 Å². The molecule has 1 unspecified atom stereocenters. The first-order chi connectivity index (χ1) is 16.5. The number of amides is 2. The molecule has 7 heteroatoms. The van der Waals surface area contributed by atoms with Crippen LogP contribution in [0.4, 0.5) is 0 Å². The molecule has 0 heterocycles. The van der Waals surface area contributed by atoms with E-state index in [2.05, 4.69) is 5.32 Å². The molecule has 178 valence electrons. The number of carbonyl (C=O) groups excluding carboxylic acids is 2. The van der Waals surface area contributed by atoms with Gasteiger partial charge in [-0.3, -0.25) is 9.59 Å². The Hall–Kier alpha value is -4.00. The van der Waals surface area contributed by atoms with Gasteiger partial charge in [-0.05, 0) is 11.1 Å². The lowest BCUT2D eigenvalue weighted by Gasteiger charge is -2.31. The number of likely N-dealkylation sites (N-methyl/N-ethyl adjacent to an activating group) is 1. The van der Waals surface area contributed by atoms with Gasteiger partial charge < -0.3 is 24.4 Å². The largest absolute Gasteiger partial charge is 0.496 e. The lowest BCUT2D eigenvalue weighted by Crippen LogP contribution is -2.51. The lowest BCUT2D eigenvalue weighted by molar-refractivity contribution is -0.142. The van der Waals surface area contributed by atoms with Crippen LogP contribution in [0.3, 0.4) is 0 Å². The van der Waals surface area contributed by atoms with Crippen LogP contribution in [-0.2, 0) is 22.6 Å². The van der Waals surface area contributed by atoms with E-state index < -0.39 is 6.04 Å². The smallest absolute Gasteiger partial charge is 0.261 e. The molecule has 1 N–H and O–H groups in total. The van der Waals surface area contributed by atoms with E-state index in [1.165, 1.54) is 0 Å². The van der Waals surface area contributed by atoms with E-state index in [1.54, 1.807) is 44.4 Å². The Morgan fingerprint density at radius 2 is 1.35 bits per heavy atom. The molecule has 0 fully saturated rings. The molecule has 34 heavy (non-hydrogen) atoms. The fourth-order valence-corrected chi connectivity index (χ4v) is 3.59. The van der Waals surface area contributed by atoms with E-state index in [-0.39, 0.29) is 25.0 Å². The van der Waals surface area contributed by atoms with Crippen LogP contribution < -0.4 is 19.5 Å². The standard InChI is InChI=1S/C27H30N2O5/c1-28-27(31)25(14-20-10-6-4-7-11-20)29(18-21-12-8-5-9-13-21)26(30)19-34-24-16-22(32-2)15-23(17-24)33-3/h4-13,15-17,25H,14,18-19H2,1-3H3,(H,28,31). The molecule has 0 saturated heterocycles. The summed E-state index contributed by atoms with van der Waals surface area (Å²) in [6.07, 6.45) is 0.381. The van der Waals surface area contributed by atoms with Crippen LogP contribution in [0.15, 0.2) is 78.9 Å². The molecular formula is C27H30N2O5. The van der Waals surface area contributed by atoms with E-state index in [0.29, 0.717) is 23.7 Å². The van der Waals surface area contributed by atoms with Gasteiger partial charge in [-0.1, -0.05) is 60.7 Å². The van der Waals surface area contributed by atoms with E-state index >= 15 is 0 Å². The van der Waals surface area contributed by atoms with Gasteiger partial charge in [0.2, 0.25) is 5.91 Å². The fraction of sp³-hybridized carbons (Fsp3) is 0.259. The maximum atomic E-state index is 13.4. The zero-order chi connectivity index (χ0) is 24.3. The molecule has 0 aromatic heterocycles. The Morgan fingerprint density at radius 1 is 0.824 bits per heavy atom. The van der Waals surface area contributed by atoms with Crippen LogP contribution >= 0.6 is 0 Å². The molecule has 3 rings (SSSR count). The topological polar surface area (TPSA) is 77.1 Å². The predicted octanol–water partition coefficient (Wildman–Crippen LogP) is 3.47. The van der Waals surface area contributed by atoms with Crippen LogP contribution in [0.1, 0.15) is 11.1 Å². The van der Waals surface area contributed by atoms with Gasteiger partial charge in [0.15, 0.2) is 6.61 Å². The van der Waals surface area contributed by atoms with Crippen molar-refractivity contribution in [1.29, 1.82) is 0 Å². The summed E-state index contributed by atoms with van der Waals surface area (Å²) in [5.74, 6) is 0.987. The Morgan fingerprint density at radius 3 is 1.88 bits per heavy atom. The number of rotatable bonds is 11. The minimum absolute atomic E-state index is 0.240. The van der Waals surface area contributed by atoms with Gasteiger partial charge >= 0.3 is 0 Å². The predicted molar refractivity (Wildman–Crippen MR) is 130 cm³/mol. The Labute approximate surface area is 200 Å². The van der Waals surface area contributed by atoms with Crippen LogP contribution in [0.5, 0.6) is 17.2 Å². The molecule has 0 aliphatic rings. The normalized spacial score (nSPS) is 11.3. The molecule has 0 bridgehead atoms. The molecule has 3 aromatic carbocycles. The number of ether oxygens (including phenoxy) is 3. The lowest BCUT2D eigenvalue weighted by atomic mass is 10.0. The van der Waals surface area contributed by atoms with Gasteiger partial charge in [-0.15, -0.1) is 0 Å². The molecule has 7 nitrogen and oxygen atoms in total. The molecule has 3 aromatic rings. The van der Waals surface area contributed by atoms with Crippen molar-refractivity contribution in [2.24, 2.45) is 0 Å². The molecule has 0 spiro atoms. The zero-order valence-corrected chi connectivity index (χ0v) is 19.7. The quantitative estimate of drug-likeness (QED) is 0.472. The number of hydrogen-bond acceptors (Lipinski definition) is 5. The van der Waals surface area contributed by atoms with Crippen molar-refractivity contribution in [2.45, 2.75) is 19.0 Å². The highest BCUT2D eigenvalue weighted by Gasteiger charge is 2.30. The summed E-state index contributed by atoms with van der Waals surface area (Å²) >= 11 is 0. The average molecular weight is 463 g/mol. The Bertz CT molecular complexity index is 1050. The summed E-state index contributed by atoms with van der Waals surface area (Å²) in [5.41, 5.74) is 1.88. The van der Waals surface area contributed by atoms with Crippen LogP contribution in [0, 0.1) is 0 Å². The summed E-state index contributed by atoms with van der Waals surface area (Å²) in [7, 11) is 4.66. The molecule has 0 saturated carbocycles. The zero-order valence-electron chi connectivity index (χ0n) is 19.7. The first-order valence-corrected chi connectivity index (χ1v) is 11.0. The molecule has 0 aliphatic carbocycles. The van der Waals surface area contributed by atoms with Crippen molar-refractivity contribution in [3.05, 3.63) is 90.0 Å². The third kappa shape index (κ3) is 6.75. The second kappa shape index (κ2) is 12.3. The third-order valence-electron chi connectivity index (χ3n) is 5.40. The fourth-order valence-electron chi connectivity index (χ4n) is 3.59. The number of nitrogens with zero attached hydrogens (tertiary/aromatic N) is 1. The minimum atomic E-state index is -0.705. The second-order valence-electron chi connectivity index (χ2n) is 7.66. The first-order valence-electron chi connectivity index (χ1n) is 11.0. The summed E-state index contributed by atoms with van der Waals surface area (Å²) in [5, 5.41) is 2.70. The van der Waals surface area contributed by atoms with E-state index in [1.807, 2.05) is 60.7 Å². The molecule has 2 amide bonds. The summed E-state index contributed by atoms with van der Waals surface area (Å²) in [6, 6.07) is 23.6. The van der Waals surface area contributed by atoms with Crippen molar-refractivity contribution in [3.8, 4) is 17.2 Å². The maximum absolute atomic E-state index is 13.4. The Kier molecular flexibility index (Phi) is 8.91. The monoisotopic (exact) mass is 462 g/mol. The third-order valence-corrected chi connectivity index (χ3v) is 5.40. The average Bonchev–Trinajstić information content (AvgIpc) is 2.89. The summed E-state index contributed by atoms with van der Waals surface area (Å²) in [4.78, 5) is 27.9. The highest BCUT2D eigenvalue weighted by Crippen LogP contribution is 2.27. The summed E-state index contributed by atoms with van der Waals surface area (Å²) < 4.78 is 16.3. The van der Waals surface area contributed by atoms with Crippen LogP contribution in [-0.4, -0.2) is 50.6 Å². The van der Waals surface area contributed by atoms with Gasteiger partial charge in [0.1, 0.15) is 23.3 Å². The van der Waals surface area contributed by atoms with Crippen molar-refractivity contribution in [1.82, 2.24) is 10.2 Å². The van der Waals surface area contributed by atoms with Gasteiger partial charge in [-0.25, -0.2) is 0 Å². The van der Waals surface area contributed by atoms with E-state index in [0.717, 1.165) is 11.1 Å². The van der Waals surface area contributed by atoms with Crippen molar-refractivity contribution >= 4 is 11.8 Å². The summed E-state index contributed by atoms with van der Waals surface area (Å²) in [6.45, 7) is 0.0286. The van der Waals surface area contributed by atoms with Gasteiger partial charge in [0, 0.05) is 38.2 Å². The van der Waals surface area contributed by atoms with Gasteiger partial charge in [0.05, 0.1) is 14.2 Å². The van der Waals surface area contributed by atoms with Gasteiger partial charge in [0.25, 0.3) is 5.91 Å². The number of benzene rings is 3. The number of hydrogen-bond donors (Lipinski definition) is 1. The van der Waals surface area contributed by atoms with Gasteiger partial charge in [-0.2, -0.15) is 0 Å². The van der Waals surface area contributed by atoms with Crippen LogP contribution in [0.2, 0.25) is 0 Å². The minimum Gasteiger partial charge on any atom is -0.496 e. The van der Waals surface area contributed by atoms with E-state index in [4.69, 9.17) is 14.2 Å². The maximum Gasteiger partial charge on any atom is 0.261 e.